The Kier molecular flexibility index (Phi) is 6.02. The molecule has 2 N–H and O–H groups in total. The van der Waals surface area contributed by atoms with Crippen molar-refractivity contribution in [2.45, 2.75) is 40.6 Å². The van der Waals surface area contributed by atoms with E-state index in [9.17, 15) is 18.0 Å². The van der Waals surface area contributed by atoms with Crippen molar-refractivity contribution in [2.75, 3.05) is 10.6 Å². The maximum atomic E-state index is 12.9. The fourth-order valence-corrected chi connectivity index (χ4v) is 5.14. The average Bonchev–Trinajstić information content (AvgIpc) is 2.64. The van der Waals surface area contributed by atoms with Crippen LogP contribution in [0, 0.1) is 0 Å². The fourth-order valence-electron chi connectivity index (χ4n) is 2.71. The maximum absolute atomic E-state index is 12.9. The number of fused-ring (bicyclic) bond motifs is 1. The molecule has 3 rings (SSSR count). The van der Waals surface area contributed by atoms with Gasteiger partial charge in [-0.3, -0.25) is 9.59 Å². The number of hydrogen-bond donors (Lipinski definition) is 2. The molecule has 0 fully saturated rings. The van der Waals surface area contributed by atoms with Crippen molar-refractivity contribution in [3.05, 3.63) is 47.5 Å². The molecule has 1 heterocycles. The summed E-state index contributed by atoms with van der Waals surface area (Å²) in [6.45, 7) is 3.28. The van der Waals surface area contributed by atoms with Gasteiger partial charge in [0.1, 0.15) is 0 Å². The number of carbonyl (C=O) groups excluding carboxylic acids is 2. The van der Waals surface area contributed by atoms with Crippen LogP contribution in [0.1, 0.15) is 20.3 Å². The summed E-state index contributed by atoms with van der Waals surface area (Å²) in [4.78, 5) is 25.0. The van der Waals surface area contributed by atoms with Crippen LogP contribution in [0.2, 0.25) is 5.02 Å². The summed E-state index contributed by atoms with van der Waals surface area (Å²) in [5.41, 5.74) is 1.02. The molecule has 148 valence electrons. The first kappa shape index (κ1) is 20.7. The Hall–Kier alpha value is -2.03. The lowest BCUT2D eigenvalue weighted by atomic mass is 10.3. The minimum absolute atomic E-state index is 0.0773. The van der Waals surface area contributed by atoms with Gasteiger partial charge in [-0.15, -0.1) is 11.8 Å². The van der Waals surface area contributed by atoms with Crippen molar-refractivity contribution in [1.29, 1.82) is 0 Å². The number of nitrogens with one attached hydrogen (secondary N) is 2. The van der Waals surface area contributed by atoms with Gasteiger partial charge in [0.25, 0.3) is 0 Å². The van der Waals surface area contributed by atoms with Crippen molar-refractivity contribution < 1.29 is 18.0 Å². The predicted octanol–water partition coefficient (Wildman–Crippen LogP) is 3.96. The zero-order valence-electron chi connectivity index (χ0n) is 15.2. The van der Waals surface area contributed by atoms with Gasteiger partial charge in [0.2, 0.25) is 11.8 Å². The van der Waals surface area contributed by atoms with Crippen LogP contribution in [0.25, 0.3) is 0 Å². The summed E-state index contributed by atoms with van der Waals surface area (Å²) in [6.07, 6.45) is -0.194. The van der Waals surface area contributed by atoms with Gasteiger partial charge in [0, 0.05) is 22.0 Å². The Morgan fingerprint density at radius 1 is 1.25 bits per heavy atom. The van der Waals surface area contributed by atoms with E-state index in [4.69, 9.17) is 11.6 Å². The van der Waals surface area contributed by atoms with Gasteiger partial charge >= 0.3 is 0 Å². The normalized spacial score (nSPS) is 17.4. The molecule has 1 aliphatic heterocycles. The Bertz CT molecular complexity index is 1020. The number of sulfone groups is 1. The molecule has 2 aromatic carbocycles. The molecule has 0 radical (unpaired) electrons. The molecule has 0 aromatic heterocycles. The quantitative estimate of drug-likeness (QED) is 0.737. The number of thioether (sulfide) groups is 1. The molecular formula is C19H19ClN2O4S2. The van der Waals surface area contributed by atoms with E-state index in [1.165, 1.54) is 30.8 Å². The number of halogens is 1. The SMILES string of the molecule is CC1Sc2ccc(S(=O)(=O)C(C)CC(=O)Nc3ccc(Cl)cc3)cc2NC1=O. The van der Waals surface area contributed by atoms with Crippen LogP contribution in [0.3, 0.4) is 0 Å². The summed E-state index contributed by atoms with van der Waals surface area (Å²) in [5.74, 6) is -0.573. The van der Waals surface area contributed by atoms with E-state index in [0.29, 0.717) is 16.4 Å². The second kappa shape index (κ2) is 8.14. The molecule has 2 atom stereocenters. The van der Waals surface area contributed by atoms with Crippen molar-refractivity contribution in [1.82, 2.24) is 0 Å². The van der Waals surface area contributed by atoms with Crippen LogP contribution in [0.15, 0.2) is 52.3 Å². The molecule has 2 amide bonds. The fraction of sp³-hybridized carbons (Fsp3) is 0.263. The number of amides is 2. The first-order chi connectivity index (χ1) is 13.2. The Balaban J connectivity index is 1.73. The molecule has 6 nitrogen and oxygen atoms in total. The third-order valence-electron chi connectivity index (χ3n) is 4.34. The summed E-state index contributed by atoms with van der Waals surface area (Å²) in [7, 11) is -3.74. The molecule has 0 saturated heterocycles. The van der Waals surface area contributed by atoms with Crippen LogP contribution in [-0.2, 0) is 19.4 Å². The molecular weight excluding hydrogens is 420 g/mol. The zero-order chi connectivity index (χ0) is 20.5. The molecule has 0 spiro atoms. The Labute approximate surface area is 173 Å². The largest absolute Gasteiger partial charge is 0.326 e. The highest BCUT2D eigenvalue weighted by molar-refractivity contribution is 8.01. The monoisotopic (exact) mass is 438 g/mol. The van der Waals surface area contributed by atoms with Gasteiger partial charge in [0.15, 0.2) is 9.84 Å². The van der Waals surface area contributed by atoms with E-state index in [2.05, 4.69) is 10.6 Å². The third kappa shape index (κ3) is 4.51. The molecule has 2 aromatic rings. The van der Waals surface area contributed by atoms with Crippen molar-refractivity contribution in [2.24, 2.45) is 0 Å². The summed E-state index contributed by atoms with van der Waals surface area (Å²) < 4.78 is 25.8. The first-order valence-electron chi connectivity index (χ1n) is 8.57. The van der Waals surface area contributed by atoms with E-state index in [0.717, 1.165) is 4.90 Å². The van der Waals surface area contributed by atoms with E-state index in [-0.39, 0.29) is 22.5 Å². The van der Waals surface area contributed by atoms with Gasteiger partial charge in [-0.25, -0.2) is 8.42 Å². The van der Waals surface area contributed by atoms with E-state index < -0.39 is 21.0 Å². The Morgan fingerprint density at radius 3 is 2.61 bits per heavy atom. The van der Waals surface area contributed by atoms with Crippen LogP contribution in [0.4, 0.5) is 11.4 Å². The molecule has 2 unspecified atom stereocenters. The minimum atomic E-state index is -3.74. The summed E-state index contributed by atoms with van der Waals surface area (Å²) >= 11 is 7.19. The highest BCUT2D eigenvalue weighted by Crippen LogP contribution is 2.37. The predicted molar refractivity (Wildman–Crippen MR) is 112 cm³/mol. The van der Waals surface area contributed by atoms with Gasteiger partial charge in [-0.05, 0) is 56.3 Å². The number of hydrogen-bond acceptors (Lipinski definition) is 5. The lowest BCUT2D eigenvalue weighted by molar-refractivity contribution is -0.116. The number of rotatable bonds is 5. The smallest absolute Gasteiger partial charge is 0.237 e. The van der Waals surface area contributed by atoms with E-state index >= 15 is 0 Å². The van der Waals surface area contributed by atoms with Crippen molar-refractivity contribution in [3.63, 3.8) is 0 Å². The third-order valence-corrected chi connectivity index (χ3v) is 7.91. The molecule has 28 heavy (non-hydrogen) atoms. The molecule has 1 aliphatic rings. The lowest BCUT2D eigenvalue weighted by Crippen LogP contribution is -2.27. The van der Waals surface area contributed by atoms with Crippen LogP contribution in [0.5, 0.6) is 0 Å². The first-order valence-corrected chi connectivity index (χ1v) is 11.4. The summed E-state index contributed by atoms with van der Waals surface area (Å²) in [6, 6.07) is 11.2. The molecule has 0 aliphatic carbocycles. The van der Waals surface area contributed by atoms with E-state index in [1.807, 2.05) is 0 Å². The summed E-state index contributed by atoms with van der Waals surface area (Å²) in [5, 5.41) is 4.77. The molecule has 9 heteroatoms. The maximum Gasteiger partial charge on any atom is 0.237 e. The van der Waals surface area contributed by atoms with Gasteiger partial charge in [-0.1, -0.05) is 11.6 Å². The zero-order valence-corrected chi connectivity index (χ0v) is 17.6. The van der Waals surface area contributed by atoms with Crippen molar-refractivity contribution >= 4 is 56.4 Å². The highest BCUT2D eigenvalue weighted by atomic mass is 35.5. The van der Waals surface area contributed by atoms with Crippen LogP contribution < -0.4 is 10.6 Å². The second-order valence-corrected chi connectivity index (χ2v) is 10.7. The number of carbonyl (C=O) groups is 2. The molecule has 0 bridgehead atoms. The second-order valence-electron chi connectivity index (χ2n) is 6.52. The van der Waals surface area contributed by atoms with Gasteiger partial charge < -0.3 is 10.6 Å². The topological polar surface area (TPSA) is 92.3 Å². The highest BCUT2D eigenvalue weighted by Gasteiger charge is 2.29. The number of anilines is 2. The standard InChI is InChI=1S/C19H19ClN2O4S2/c1-11(9-18(23)21-14-5-3-13(20)4-6-14)28(25,26)15-7-8-17-16(10-15)22-19(24)12(2)27-17/h3-8,10-12H,9H2,1-2H3,(H,21,23)(H,22,24). The minimum Gasteiger partial charge on any atom is -0.326 e. The van der Waals surface area contributed by atoms with Crippen LogP contribution >= 0.6 is 23.4 Å². The van der Waals surface area contributed by atoms with Gasteiger partial charge in [0.05, 0.1) is 21.1 Å². The Morgan fingerprint density at radius 2 is 1.93 bits per heavy atom. The number of benzene rings is 2. The van der Waals surface area contributed by atoms with E-state index in [1.54, 1.807) is 37.3 Å². The van der Waals surface area contributed by atoms with Crippen molar-refractivity contribution in [3.8, 4) is 0 Å². The van der Waals surface area contributed by atoms with Gasteiger partial charge in [-0.2, -0.15) is 0 Å². The molecule has 0 saturated carbocycles. The average molecular weight is 439 g/mol. The van der Waals surface area contributed by atoms with Crippen LogP contribution in [-0.4, -0.2) is 30.7 Å². The lowest BCUT2D eigenvalue weighted by Gasteiger charge is -2.22.